The Hall–Kier alpha value is -1.22. The van der Waals surface area contributed by atoms with Crippen molar-refractivity contribution in [3.05, 3.63) is 0 Å². The molecule has 0 fully saturated rings. The molecule has 0 aromatic heterocycles. The second-order valence-corrected chi connectivity index (χ2v) is 7.11. The van der Waals surface area contributed by atoms with Gasteiger partial charge in [0, 0.05) is 38.3 Å². The number of likely N-dealkylation sites (N-methyl/N-ethyl adjacent to an activating group) is 1. The molecule has 8 nitrogen and oxygen atoms in total. The molecule has 0 saturated heterocycles. The van der Waals surface area contributed by atoms with Crippen LogP contribution < -0.4 is 27.4 Å². The van der Waals surface area contributed by atoms with Gasteiger partial charge in [-0.3, -0.25) is 9.59 Å². The van der Waals surface area contributed by atoms with Crippen molar-refractivity contribution in [2.45, 2.75) is 26.3 Å². The Kier molecular flexibility index (Phi) is 9.98. The number of nitrogens with two attached hydrogens (primary N) is 2. The van der Waals surface area contributed by atoms with E-state index in [-0.39, 0.29) is 30.4 Å². The minimum Gasteiger partial charge on any atom is -0.350 e. The molecule has 0 aliphatic carbocycles. The topological polar surface area (TPSA) is 122 Å². The van der Waals surface area contributed by atoms with E-state index in [2.05, 4.69) is 36.7 Å². The van der Waals surface area contributed by atoms with Crippen molar-refractivity contribution in [3.8, 4) is 0 Å². The quantitative estimate of drug-likeness (QED) is 0.280. The van der Waals surface area contributed by atoms with Crippen LogP contribution in [0.4, 0.5) is 0 Å². The SMILES string of the molecule is CC(C)(C)NCC[N+](C)(CC(=O)NCCN)CC(=O)NCCN. The monoisotopic (exact) mass is 331 g/mol. The van der Waals surface area contributed by atoms with Crippen molar-refractivity contribution in [2.75, 3.05) is 59.4 Å². The zero-order valence-electron chi connectivity index (χ0n) is 15.1. The number of nitrogens with zero attached hydrogens (tertiary/aromatic N) is 1. The van der Waals surface area contributed by atoms with E-state index in [1.165, 1.54) is 0 Å². The first-order chi connectivity index (χ1) is 10.6. The van der Waals surface area contributed by atoms with Gasteiger partial charge < -0.3 is 31.9 Å². The Bertz CT molecular complexity index is 345. The van der Waals surface area contributed by atoms with Crippen LogP contribution in [0.1, 0.15) is 20.8 Å². The average Bonchev–Trinajstić information content (AvgIpc) is 2.41. The number of rotatable bonds is 11. The molecule has 0 rings (SSSR count). The normalized spacial score (nSPS) is 12.1. The van der Waals surface area contributed by atoms with Crippen LogP contribution in [0, 0.1) is 0 Å². The van der Waals surface area contributed by atoms with Crippen LogP contribution >= 0.6 is 0 Å². The lowest BCUT2D eigenvalue weighted by atomic mass is 10.1. The number of quaternary nitrogens is 1. The van der Waals surface area contributed by atoms with Gasteiger partial charge in [0.05, 0.1) is 13.6 Å². The highest BCUT2D eigenvalue weighted by Crippen LogP contribution is 2.04. The fourth-order valence-corrected chi connectivity index (χ4v) is 2.14. The molecule has 0 atom stereocenters. The van der Waals surface area contributed by atoms with Crippen molar-refractivity contribution in [1.29, 1.82) is 0 Å². The van der Waals surface area contributed by atoms with E-state index in [0.717, 1.165) is 0 Å². The van der Waals surface area contributed by atoms with Crippen molar-refractivity contribution in [1.82, 2.24) is 16.0 Å². The molecule has 0 heterocycles. The van der Waals surface area contributed by atoms with Gasteiger partial charge in [-0.1, -0.05) is 0 Å². The predicted molar refractivity (Wildman–Crippen MR) is 92.7 cm³/mol. The maximum Gasteiger partial charge on any atom is 0.275 e. The molecular formula is C15H35N6O2+. The molecule has 2 amide bonds. The molecule has 0 aromatic carbocycles. The Labute approximate surface area is 139 Å². The largest absolute Gasteiger partial charge is 0.350 e. The molecule has 136 valence electrons. The van der Waals surface area contributed by atoms with Crippen molar-refractivity contribution in [2.24, 2.45) is 11.5 Å². The molecule has 0 saturated carbocycles. The van der Waals surface area contributed by atoms with E-state index in [0.29, 0.717) is 43.8 Å². The maximum atomic E-state index is 12.0. The van der Waals surface area contributed by atoms with Crippen LogP contribution in [0.2, 0.25) is 0 Å². The van der Waals surface area contributed by atoms with E-state index in [1.54, 1.807) is 0 Å². The number of amides is 2. The van der Waals surface area contributed by atoms with Gasteiger partial charge >= 0.3 is 0 Å². The van der Waals surface area contributed by atoms with Gasteiger partial charge in [0.1, 0.15) is 0 Å². The summed E-state index contributed by atoms with van der Waals surface area (Å²) < 4.78 is 0.329. The van der Waals surface area contributed by atoms with E-state index < -0.39 is 0 Å². The number of hydrogen-bond donors (Lipinski definition) is 5. The third-order valence-corrected chi connectivity index (χ3v) is 3.29. The second kappa shape index (κ2) is 10.5. The van der Waals surface area contributed by atoms with Crippen molar-refractivity contribution >= 4 is 11.8 Å². The summed E-state index contributed by atoms with van der Waals surface area (Å²) in [4.78, 5) is 24.0. The molecule has 0 aliphatic heterocycles. The molecule has 0 aromatic rings. The predicted octanol–water partition coefficient (Wildman–Crippen LogP) is -2.03. The van der Waals surface area contributed by atoms with Gasteiger partial charge in [-0.25, -0.2) is 0 Å². The van der Waals surface area contributed by atoms with Gasteiger partial charge in [-0.2, -0.15) is 0 Å². The van der Waals surface area contributed by atoms with Crippen molar-refractivity contribution in [3.63, 3.8) is 0 Å². The van der Waals surface area contributed by atoms with E-state index in [4.69, 9.17) is 11.5 Å². The summed E-state index contributed by atoms with van der Waals surface area (Å²) in [6, 6.07) is 0. The lowest BCUT2D eigenvalue weighted by Gasteiger charge is -2.34. The lowest BCUT2D eigenvalue weighted by Crippen LogP contribution is -2.58. The van der Waals surface area contributed by atoms with Crippen LogP contribution in [-0.4, -0.2) is 81.2 Å². The molecular weight excluding hydrogens is 296 g/mol. The second-order valence-electron chi connectivity index (χ2n) is 7.11. The standard InChI is InChI=1S/C15H34N6O2/c1-15(2,3)20-9-10-21(4,11-13(22)18-7-5-16)12-14(23)19-8-6-17/h20H,5-12,16-17H2,1-4H3,(H-,18,19,22,23)/p+1. The molecule has 8 heteroatoms. The van der Waals surface area contributed by atoms with Crippen LogP contribution in [0.15, 0.2) is 0 Å². The molecule has 23 heavy (non-hydrogen) atoms. The number of hydrogen-bond acceptors (Lipinski definition) is 5. The van der Waals surface area contributed by atoms with Crippen LogP contribution in [0.25, 0.3) is 0 Å². The number of carbonyl (C=O) groups is 2. The Morgan fingerprint density at radius 3 is 1.70 bits per heavy atom. The average molecular weight is 331 g/mol. The first-order valence-electron chi connectivity index (χ1n) is 8.14. The minimum atomic E-state index is -0.0969. The summed E-state index contributed by atoms with van der Waals surface area (Å²) in [6.45, 7) is 9.80. The summed E-state index contributed by atoms with van der Waals surface area (Å²) in [6.07, 6.45) is 0. The number of nitrogens with one attached hydrogen (secondary N) is 3. The third kappa shape index (κ3) is 11.9. The molecule has 0 bridgehead atoms. The summed E-state index contributed by atoms with van der Waals surface area (Å²) >= 11 is 0. The first-order valence-corrected chi connectivity index (χ1v) is 8.14. The fourth-order valence-electron chi connectivity index (χ4n) is 2.14. The van der Waals surface area contributed by atoms with Gasteiger partial charge in [0.2, 0.25) is 0 Å². The Balaban J connectivity index is 4.67. The number of carbonyl (C=O) groups excluding carboxylic acids is 2. The minimum absolute atomic E-state index is 0.00551. The molecule has 0 unspecified atom stereocenters. The zero-order chi connectivity index (χ0) is 17.9. The van der Waals surface area contributed by atoms with Crippen LogP contribution in [0.5, 0.6) is 0 Å². The molecule has 0 radical (unpaired) electrons. The first kappa shape index (κ1) is 21.8. The fraction of sp³-hybridized carbons (Fsp3) is 0.867. The lowest BCUT2D eigenvalue weighted by molar-refractivity contribution is -0.893. The third-order valence-electron chi connectivity index (χ3n) is 3.29. The molecule has 0 aliphatic rings. The van der Waals surface area contributed by atoms with Gasteiger partial charge in [0.25, 0.3) is 11.8 Å². The van der Waals surface area contributed by atoms with E-state index in [1.807, 2.05) is 7.05 Å². The summed E-state index contributed by atoms with van der Waals surface area (Å²) in [5.41, 5.74) is 10.8. The maximum absolute atomic E-state index is 12.0. The van der Waals surface area contributed by atoms with Crippen LogP contribution in [-0.2, 0) is 9.59 Å². The smallest absolute Gasteiger partial charge is 0.275 e. The summed E-state index contributed by atoms with van der Waals surface area (Å²) in [5, 5.41) is 8.91. The van der Waals surface area contributed by atoms with Crippen molar-refractivity contribution < 1.29 is 14.1 Å². The van der Waals surface area contributed by atoms with Crippen LogP contribution in [0.3, 0.4) is 0 Å². The molecule has 0 spiro atoms. The van der Waals surface area contributed by atoms with E-state index >= 15 is 0 Å². The summed E-state index contributed by atoms with van der Waals surface area (Å²) in [7, 11) is 1.91. The summed E-state index contributed by atoms with van der Waals surface area (Å²) in [5.74, 6) is -0.194. The van der Waals surface area contributed by atoms with Gasteiger partial charge in [0.15, 0.2) is 13.1 Å². The molecule has 7 N–H and O–H groups in total. The van der Waals surface area contributed by atoms with Gasteiger partial charge in [-0.05, 0) is 20.8 Å². The Morgan fingerprint density at radius 1 is 0.913 bits per heavy atom. The van der Waals surface area contributed by atoms with E-state index in [9.17, 15) is 9.59 Å². The van der Waals surface area contributed by atoms with Gasteiger partial charge in [-0.15, -0.1) is 0 Å². The zero-order valence-corrected chi connectivity index (χ0v) is 15.1. The highest BCUT2D eigenvalue weighted by molar-refractivity contribution is 5.79. The highest BCUT2D eigenvalue weighted by Gasteiger charge is 2.28. The highest BCUT2D eigenvalue weighted by atomic mass is 16.2. The Morgan fingerprint density at radius 2 is 1.35 bits per heavy atom.